The van der Waals surface area contributed by atoms with Crippen molar-refractivity contribution in [3.63, 3.8) is 0 Å². The topological polar surface area (TPSA) is 167 Å². The van der Waals surface area contributed by atoms with Crippen molar-refractivity contribution in [2.75, 3.05) is 38.7 Å². The predicted octanol–water partition coefficient (Wildman–Crippen LogP) is 2.84. The third kappa shape index (κ3) is 6.73. The van der Waals surface area contributed by atoms with Gasteiger partial charge in [0, 0.05) is 43.4 Å². The van der Waals surface area contributed by atoms with E-state index in [0.717, 1.165) is 0 Å². The number of carboxylic acid groups (broad SMARTS) is 1. The molecule has 4 N–H and O–H groups in total. The lowest BCUT2D eigenvalue weighted by Gasteiger charge is -2.32. The lowest BCUT2D eigenvalue weighted by Crippen LogP contribution is -2.47. The molecule has 2 heterocycles. The van der Waals surface area contributed by atoms with Gasteiger partial charge in [-0.15, -0.1) is 0 Å². The second-order valence-electron chi connectivity index (χ2n) is 9.06. The molecular weight excluding hydrogens is 564 g/mol. The number of aromatic nitrogens is 1. The third-order valence-electron chi connectivity index (χ3n) is 6.23. The van der Waals surface area contributed by atoms with Gasteiger partial charge in [0.05, 0.1) is 17.8 Å². The molecular formula is C26H29ClN4O8S. The first-order chi connectivity index (χ1) is 19.1. The summed E-state index contributed by atoms with van der Waals surface area (Å²) < 4.78 is 40.7. The first-order valence-corrected chi connectivity index (χ1v) is 14.3. The molecule has 2 aromatic carbocycles. The zero-order chi connectivity index (χ0) is 28.9. The number of morpholine rings is 1. The Morgan fingerprint density at radius 3 is 2.65 bits per heavy atom. The summed E-state index contributed by atoms with van der Waals surface area (Å²) in [5, 5.41) is 14.2. The van der Waals surface area contributed by atoms with E-state index in [1.165, 1.54) is 23.5 Å². The van der Waals surface area contributed by atoms with E-state index in [9.17, 15) is 22.8 Å². The molecule has 1 aliphatic heterocycles. The molecule has 1 atom stereocenters. The van der Waals surface area contributed by atoms with E-state index in [4.69, 9.17) is 26.2 Å². The Morgan fingerprint density at radius 2 is 1.95 bits per heavy atom. The molecule has 14 heteroatoms. The number of aromatic amines is 1. The summed E-state index contributed by atoms with van der Waals surface area (Å²) in [5.74, 6) is -1.57. The van der Waals surface area contributed by atoms with Crippen LogP contribution in [0.3, 0.4) is 0 Å². The summed E-state index contributed by atoms with van der Waals surface area (Å²) in [7, 11) is -2.89. The quantitative estimate of drug-likeness (QED) is 0.264. The van der Waals surface area contributed by atoms with Crippen molar-refractivity contribution in [3.8, 4) is 5.75 Å². The zero-order valence-electron chi connectivity index (χ0n) is 21.6. The number of H-pyrrole nitrogens is 1. The predicted molar refractivity (Wildman–Crippen MR) is 147 cm³/mol. The number of carboxylic acids is 1. The zero-order valence-corrected chi connectivity index (χ0v) is 23.2. The maximum Gasteiger partial charge on any atom is 0.303 e. The fourth-order valence-electron chi connectivity index (χ4n) is 4.35. The summed E-state index contributed by atoms with van der Waals surface area (Å²) in [6.45, 7) is 0.286. The van der Waals surface area contributed by atoms with Crippen molar-refractivity contribution in [2.24, 2.45) is 0 Å². The number of fused-ring (bicyclic) bond motifs is 1. The Kier molecular flexibility index (Phi) is 9.30. The van der Waals surface area contributed by atoms with E-state index in [1.54, 1.807) is 12.1 Å². The van der Waals surface area contributed by atoms with Gasteiger partial charge in [-0.1, -0.05) is 29.8 Å². The number of anilines is 1. The van der Waals surface area contributed by atoms with Crippen LogP contribution in [0.5, 0.6) is 5.75 Å². The number of hydrogen-bond donors (Lipinski definition) is 4. The summed E-state index contributed by atoms with van der Waals surface area (Å²) in [6, 6.07) is 11.9. The average molecular weight is 593 g/mol. The monoisotopic (exact) mass is 592 g/mol. The van der Waals surface area contributed by atoms with Gasteiger partial charge in [-0.3, -0.25) is 14.4 Å². The van der Waals surface area contributed by atoms with Crippen LogP contribution in [0, 0.1) is 0 Å². The highest BCUT2D eigenvalue weighted by atomic mass is 35.5. The van der Waals surface area contributed by atoms with Gasteiger partial charge in [0.15, 0.2) is 0 Å². The number of sulfonamides is 1. The van der Waals surface area contributed by atoms with Gasteiger partial charge in [0.25, 0.3) is 5.91 Å². The van der Waals surface area contributed by atoms with E-state index in [-0.39, 0.29) is 77.8 Å². The minimum absolute atomic E-state index is 0.0112. The number of hydrogen-bond acceptors (Lipinski definition) is 7. The van der Waals surface area contributed by atoms with E-state index in [2.05, 4.69) is 15.6 Å². The standard InChI is InChI=1S/C26H29ClN4O8S/c1-28-26(35)24-25(19-12-16(27)13-20(23(19)30-24)29-21(32)8-5-9-22(33)34)40(36,37)31-10-11-38-18(14-31)15-39-17-6-3-2-4-7-17/h2-4,6-7,12-13,18,30H,5,8-11,14-15H2,1H3,(H,28,35)(H,29,32)(H,33,34). The Morgan fingerprint density at radius 1 is 1.20 bits per heavy atom. The second-order valence-corrected chi connectivity index (χ2v) is 11.4. The van der Waals surface area contributed by atoms with Crippen molar-refractivity contribution in [1.82, 2.24) is 14.6 Å². The van der Waals surface area contributed by atoms with E-state index >= 15 is 0 Å². The molecule has 40 heavy (non-hydrogen) atoms. The number of carbonyl (C=O) groups excluding carboxylic acids is 2. The number of aliphatic carboxylic acids is 1. The summed E-state index contributed by atoms with van der Waals surface area (Å²) in [6.07, 6.45) is -0.692. The van der Waals surface area contributed by atoms with Crippen LogP contribution in [0.25, 0.3) is 10.9 Å². The van der Waals surface area contributed by atoms with Gasteiger partial charge < -0.3 is 30.2 Å². The minimum Gasteiger partial charge on any atom is -0.491 e. The van der Waals surface area contributed by atoms with Crippen molar-refractivity contribution in [2.45, 2.75) is 30.3 Å². The SMILES string of the molecule is CNC(=O)c1[nH]c2c(NC(=O)CCCC(=O)O)cc(Cl)cc2c1S(=O)(=O)N1CCOC(COc2ccccc2)C1. The Bertz CT molecular complexity index is 1510. The number of nitrogens with one attached hydrogen (secondary N) is 3. The molecule has 0 bridgehead atoms. The Hall–Kier alpha value is -3.65. The Balaban J connectivity index is 1.65. The number of rotatable bonds is 11. The van der Waals surface area contributed by atoms with Gasteiger partial charge in [-0.05, 0) is 30.7 Å². The molecule has 3 aromatic rings. The van der Waals surface area contributed by atoms with Crippen LogP contribution in [0.15, 0.2) is 47.4 Å². The average Bonchev–Trinajstić information content (AvgIpc) is 3.32. The van der Waals surface area contributed by atoms with Crippen molar-refractivity contribution in [1.29, 1.82) is 0 Å². The number of carbonyl (C=O) groups is 3. The summed E-state index contributed by atoms with van der Waals surface area (Å²) >= 11 is 6.32. The largest absolute Gasteiger partial charge is 0.491 e. The number of amides is 2. The second kappa shape index (κ2) is 12.7. The van der Waals surface area contributed by atoms with Gasteiger partial charge in [0.2, 0.25) is 15.9 Å². The van der Waals surface area contributed by atoms with E-state index in [0.29, 0.717) is 5.75 Å². The molecule has 0 radical (unpaired) electrons. The maximum absolute atomic E-state index is 14.0. The van der Waals surface area contributed by atoms with Gasteiger partial charge in [-0.2, -0.15) is 4.31 Å². The highest BCUT2D eigenvalue weighted by Crippen LogP contribution is 2.36. The number of ether oxygens (including phenoxy) is 2. The van der Waals surface area contributed by atoms with Gasteiger partial charge >= 0.3 is 5.97 Å². The van der Waals surface area contributed by atoms with Crippen LogP contribution in [-0.4, -0.2) is 80.1 Å². The normalized spacial score (nSPS) is 16.0. The molecule has 214 valence electrons. The smallest absolute Gasteiger partial charge is 0.303 e. The third-order valence-corrected chi connectivity index (χ3v) is 8.40. The maximum atomic E-state index is 14.0. The Labute approximate surface area is 235 Å². The number of halogens is 1. The van der Waals surface area contributed by atoms with Crippen LogP contribution in [0.2, 0.25) is 5.02 Å². The summed E-state index contributed by atoms with van der Waals surface area (Å²) in [5.41, 5.74) is 0.126. The molecule has 2 amide bonds. The first-order valence-electron chi connectivity index (χ1n) is 12.5. The van der Waals surface area contributed by atoms with Crippen LogP contribution in [0.1, 0.15) is 29.8 Å². The minimum atomic E-state index is -4.26. The molecule has 4 rings (SSSR count). The first kappa shape index (κ1) is 29.3. The highest BCUT2D eigenvalue weighted by Gasteiger charge is 2.37. The van der Waals surface area contributed by atoms with Crippen LogP contribution in [-0.2, 0) is 24.3 Å². The van der Waals surface area contributed by atoms with Crippen molar-refractivity contribution in [3.05, 3.63) is 53.2 Å². The van der Waals surface area contributed by atoms with Crippen LogP contribution >= 0.6 is 11.6 Å². The molecule has 12 nitrogen and oxygen atoms in total. The van der Waals surface area contributed by atoms with E-state index < -0.39 is 33.9 Å². The molecule has 1 aliphatic rings. The van der Waals surface area contributed by atoms with Crippen molar-refractivity contribution >= 4 is 56.0 Å². The van der Waals surface area contributed by atoms with Crippen molar-refractivity contribution < 1.29 is 37.4 Å². The fourth-order valence-corrected chi connectivity index (χ4v) is 6.34. The molecule has 1 unspecified atom stereocenters. The number of nitrogens with zero attached hydrogens (tertiary/aromatic N) is 1. The van der Waals surface area contributed by atoms with Crippen LogP contribution < -0.4 is 15.4 Å². The lowest BCUT2D eigenvalue weighted by atomic mass is 10.2. The molecule has 0 spiro atoms. The lowest BCUT2D eigenvalue weighted by molar-refractivity contribution is -0.137. The summed E-state index contributed by atoms with van der Waals surface area (Å²) in [4.78, 5) is 38.7. The highest BCUT2D eigenvalue weighted by molar-refractivity contribution is 7.89. The molecule has 1 aromatic heterocycles. The fraction of sp³-hybridized carbons (Fsp3) is 0.346. The van der Waals surface area contributed by atoms with E-state index in [1.807, 2.05) is 18.2 Å². The van der Waals surface area contributed by atoms with Gasteiger partial charge in [-0.25, -0.2) is 8.42 Å². The molecule has 1 fully saturated rings. The van der Waals surface area contributed by atoms with Gasteiger partial charge in [0.1, 0.15) is 29.0 Å². The molecule has 1 saturated heterocycles. The molecule has 0 aliphatic carbocycles. The number of para-hydroxylation sites is 1. The molecule has 0 saturated carbocycles. The van der Waals surface area contributed by atoms with Crippen LogP contribution in [0.4, 0.5) is 5.69 Å². The number of benzene rings is 2.